The zero-order valence-electron chi connectivity index (χ0n) is 14.7. The van der Waals surface area contributed by atoms with Gasteiger partial charge in [0, 0.05) is 43.4 Å². The number of anilines is 1. The lowest BCUT2D eigenvalue weighted by Crippen LogP contribution is -2.51. The molecule has 4 rings (SSSR count). The zero-order valence-corrected chi connectivity index (χ0v) is 15.6. The van der Waals surface area contributed by atoms with Gasteiger partial charge in [0.2, 0.25) is 5.95 Å². The van der Waals surface area contributed by atoms with Crippen molar-refractivity contribution in [2.75, 3.05) is 31.1 Å². The number of carbonyl (C=O) groups is 1. The molecule has 0 spiro atoms. The van der Waals surface area contributed by atoms with Crippen LogP contribution in [-0.2, 0) is 16.1 Å². The fraction of sp³-hybridized carbons (Fsp3) is 0.471. The Morgan fingerprint density at radius 2 is 2.00 bits per heavy atom. The zero-order chi connectivity index (χ0) is 20.1. The number of halogens is 3. The molecular weight excluding hydrogens is 397 g/mol. The fourth-order valence-corrected chi connectivity index (χ4v) is 3.95. The third kappa shape index (κ3) is 5.18. The number of ether oxygens (including phenoxy) is 1. The Labute approximate surface area is 163 Å². The molecule has 7 nitrogen and oxygen atoms in total. The molecule has 2 aromatic rings. The molecule has 2 aliphatic heterocycles. The number of alkyl halides is 3. The summed E-state index contributed by atoms with van der Waals surface area (Å²) in [5.74, 6) is -1.93. The Bertz CT molecular complexity index is 761. The first-order chi connectivity index (χ1) is 13.3. The molecule has 2 aliphatic rings. The summed E-state index contributed by atoms with van der Waals surface area (Å²) in [5.41, 5.74) is 0. The number of hydrogen-bond acceptors (Lipinski definition) is 7. The maximum atomic E-state index is 10.6. The number of carboxylic acid groups (broad SMARTS) is 1. The van der Waals surface area contributed by atoms with Gasteiger partial charge in [0.1, 0.15) is 0 Å². The normalized spacial score (nSPS) is 22.3. The number of likely N-dealkylation sites (tertiary alicyclic amines) is 1. The van der Waals surface area contributed by atoms with E-state index >= 15 is 0 Å². The second-order valence-corrected chi connectivity index (χ2v) is 7.33. The van der Waals surface area contributed by atoms with Crippen LogP contribution in [0.1, 0.15) is 4.88 Å². The quantitative estimate of drug-likeness (QED) is 0.822. The molecule has 0 aliphatic carbocycles. The van der Waals surface area contributed by atoms with Crippen molar-refractivity contribution in [1.29, 1.82) is 0 Å². The molecule has 0 radical (unpaired) electrons. The number of carboxylic acids is 1. The van der Waals surface area contributed by atoms with Gasteiger partial charge in [-0.1, -0.05) is 6.07 Å². The first-order valence-corrected chi connectivity index (χ1v) is 9.42. The Morgan fingerprint density at radius 1 is 1.29 bits per heavy atom. The van der Waals surface area contributed by atoms with Crippen molar-refractivity contribution >= 4 is 23.3 Å². The monoisotopic (exact) mass is 416 g/mol. The fourth-order valence-electron chi connectivity index (χ4n) is 3.20. The predicted octanol–water partition coefficient (Wildman–Crippen LogP) is 2.26. The molecule has 11 heteroatoms. The van der Waals surface area contributed by atoms with Crippen LogP contribution in [-0.4, -0.2) is 70.5 Å². The molecule has 2 aromatic heterocycles. The van der Waals surface area contributed by atoms with E-state index in [1.54, 1.807) is 0 Å². The van der Waals surface area contributed by atoms with E-state index in [-0.39, 0.29) is 6.10 Å². The molecule has 0 unspecified atom stereocenters. The van der Waals surface area contributed by atoms with Crippen molar-refractivity contribution in [3.8, 4) is 0 Å². The second-order valence-electron chi connectivity index (χ2n) is 6.30. The summed E-state index contributed by atoms with van der Waals surface area (Å²) in [5, 5.41) is 9.26. The van der Waals surface area contributed by atoms with Crippen molar-refractivity contribution in [2.45, 2.75) is 24.9 Å². The Morgan fingerprint density at radius 3 is 2.61 bits per heavy atom. The van der Waals surface area contributed by atoms with Crippen molar-refractivity contribution in [3.05, 3.63) is 40.8 Å². The van der Waals surface area contributed by atoms with Crippen LogP contribution in [0, 0.1) is 0 Å². The SMILES string of the molecule is O=C(O)C(F)(F)F.c1cnc(N2CCO[C@H]3CN(Cc4cccs4)C[C@H]32)nc1. The van der Waals surface area contributed by atoms with Crippen LogP contribution < -0.4 is 4.90 Å². The summed E-state index contributed by atoms with van der Waals surface area (Å²) in [7, 11) is 0. The average molecular weight is 416 g/mol. The minimum atomic E-state index is -5.08. The molecule has 0 saturated carbocycles. The number of rotatable bonds is 3. The minimum absolute atomic E-state index is 0.266. The van der Waals surface area contributed by atoms with Gasteiger partial charge in [-0.15, -0.1) is 11.3 Å². The first kappa shape index (κ1) is 20.5. The number of aromatic nitrogens is 2. The molecule has 2 saturated heterocycles. The van der Waals surface area contributed by atoms with E-state index in [4.69, 9.17) is 14.6 Å². The highest BCUT2D eigenvalue weighted by atomic mass is 32.1. The van der Waals surface area contributed by atoms with E-state index in [1.807, 2.05) is 29.8 Å². The Balaban J connectivity index is 0.000000279. The van der Waals surface area contributed by atoms with Crippen LogP contribution in [0.25, 0.3) is 0 Å². The molecule has 0 bridgehead atoms. The van der Waals surface area contributed by atoms with Crippen molar-refractivity contribution < 1.29 is 27.8 Å². The Hall–Kier alpha value is -2.24. The van der Waals surface area contributed by atoms with Gasteiger partial charge in [-0.25, -0.2) is 14.8 Å². The van der Waals surface area contributed by atoms with E-state index in [1.165, 1.54) is 4.88 Å². The number of hydrogen-bond donors (Lipinski definition) is 1. The number of fused-ring (bicyclic) bond motifs is 1. The van der Waals surface area contributed by atoms with Gasteiger partial charge < -0.3 is 14.7 Å². The average Bonchev–Trinajstić information content (AvgIpc) is 3.31. The summed E-state index contributed by atoms with van der Waals surface area (Å²) in [6.45, 7) is 4.65. The first-order valence-electron chi connectivity index (χ1n) is 8.54. The van der Waals surface area contributed by atoms with E-state index < -0.39 is 12.1 Å². The van der Waals surface area contributed by atoms with Gasteiger partial charge in [0.15, 0.2) is 0 Å². The van der Waals surface area contributed by atoms with Crippen LogP contribution in [0.15, 0.2) is 36.0 Å². The van der Waals surface area contributed by atoms with Crippen LogP contribution in [0.2, 0.25) is 0 Å². The lowest BCUT2D eigenvalue weighted by Gasteiger charge is -2.36. The molecule has 0 amide bonds. The van der Waals surface area contributed by atoms with Crippen LogP contribution in [0.5, 0.6) is 0 Å². The molecule has 4 heterocycles. The maximum Gasteiger partial charge on any atom is 0.490 e. The highest BCUT2D eigenvalue weighted by Crippen LogP contribution is 2.27. The smallest absolute Gasteiger partial charge is 0.475 e. The van der Waals surface area contributed by atoms with E-state index in [0.29, 0.717) is 6.04 Å². The predicted molar refractivity (Wildman–Crippen MR) is 96.2 cm³/mol. The number of morpholine rings is 1. The maximum absolute atomic E-state index is 10.6. The summed E-state index contributed by atoms with van der Waals surface area (Å²) >= 11 is 1.82. The van der Waals surface area contributed by atoms with Crippen LogP contribution in [0.3, 0.4) is 0 Å². The number of thiophene rings is 1. The lowest BCUT2D eigenvalue weighted by molar-refractivity contribution is -0.192. The summed E-state index contributed by atoms with van der Waals surface area (Å²) < 4.78 is 37.7. The minimum Gasteiger partial charge on any atom is -0.475 e. The van der Waals surface area contributed by atoms with E-state index in [0.717, 1.165) is 38.7 Å². The van der Waals surface area contributed by atoms with E-state index in [2.05, 4.69) is 37.3 Å². The summed E-state index contributed by atoms with van der Waals surface area (Å²) in [6, 6.07) is 6.54. The topological polar surface area (TPSA) is 78.8 Å². The molecule has 28 heavy (non-hydrogen) atoms. The molecule has 0 aromatic carbocycles. The van der Waals surface area contributed by atoms with Crippen LogP contribution in [0.4, 0.5) is 19.1 Å². The summed E-state index contributed by atoms with van der Waals surface area (Å²) in [6.07, 6.45) is -1.20. The van der Waals surface area contributed by atoms with Crippen molar-refractivity contribution in [2.24, 2.45) is 0 Å². The molecule has 2 fully saturated rings. The van der Waals surface area contributed by atoms with Crippen molar-refractivity contribution in [3.63, 3.8) is 0 Å². The largest absolute Gasteiger partial charge is 0.490 e. The third-order valence-electron chi connectivity index (χ3n) is 4.39. The molecular formula is C17H19F3N4O3S. The molecule has 152 valence electrons. The second kappa shape index (κ2) is 8.84. The van der Waals surface area contributed by atoms with Gasteiger partial charge in [0.05, 0.1) is 18.8 Å². The third-order valence-corrected chi connectivity index (χ3v) is 5.25. The molecule has 1 N–H and O–H groups in total. The van der Waals surface area contributed by atoms with E-state index in [9.17, 15) is 13.2 Å². The van der Waals surface area contributed by atoms with Gasteiger partial charge >= 0.3 is 12.1 Å². The van der Waals surface area contributed by atoms with Gasteiger partial charge in [0.25, 0.3) is 0 Å². The number of aliphatic carboxylic acids is 1. The van der Waals surface area contributed by atoms with Gasteiger partial charge in [-0.05, 0) is 17.5 Å². The summed E-state index contributed by atoms with van der Waals surface area (Å²) in [4.78, 5) is 23.9. The Kier molecular flexibility index (Phi) is 6.47. The highest BCUT2D eigenvalue weighted by molar-refractivity contribution is 7.09. The van der Waals surface area contributed by atoms with Crippen LogP contribution >= 0.6 is 11.3 Å². The van der Waals surface area contributed by atoms with Gasteiger partial charge in [-0.2, -0.15) is 13.2 Å². The number of nitrogens with zero attached hydrogens (tertiary/aromatic N) is 4. The standard InChI is InChI=1S/C15H18N4OS.C2HF3O2/c1-3-12(21-8-1)9-18-10-13-14(11-18)20-7-6-19(13)15-16-4-2-5-17-15;3-2(4,5)1(6)7/h1-5,8,13-14H,6-7,9-11H2;(H,6,7)/t13-,14+;/m1./s1. The van der Waals surface area contributed by atoms with Gasteiger partial charge in [-0.3, -0.25) is 4.90 Å². The highest BCUT2D eigenvalue weighted by Gasteiger charge is 2.41. The molecule has 2 atom stereocenters. The van der Waals surface area contributed by atoms with Crippen molar-refractivity contribution in [1.82, 2.24) is 14.9 Å². The lowest BCUT2D eigenvalue weighted by atomic mass is 10.1.